The quantitative estimate of drug-likeness (QED) is 0.814. The first kappa shape index (κ1) is 15.3. The number of nitrogens with one attached hydrogen (secondary N) is 1. The molecular formula is C16H22N2O. The first-order valence-electron chi connectivity index (χ1n) is 6.60. The van der Waals surface area contributed by atoms with Crippen molar-refractivity contribution in [2.24, 2.45) is 5.73 Å². The SMILES string of the molecule is CCCC(C)(C)NC(=O)c1ccccc1C#CCN. The van der Waals surface area contributed by atoms with Crippen LogP contribution in [0, 0.1) is 11.8 Å². The summed E-state index contributed by atoms with van der Waals surface area (Å²) in [6.07, 6.45) is 1.97. The number of nitrogens with two attached hydrogens (primary N) is 1. The van der Waals surface area contributed by atoms with Crippen LogP contribution in [0.1, 0.15) is 49.5 Å². The molecule has 102 valence electrons. The molecule has 0 fully saturated rings. The van der Waals surface area contributed by atoms with E-state index < -0.39 is 0 Å². The van der Waals surface area contributed by atoms with Crippen LogP contribution >= 0.6 is 0 Å². The molecule has 19 heavy (non-hydrogen) atoms. The average molecular weight is 258 g/mol. The molecule has 3 N–H and O–H groups in total. The van der Waals surface area contributed by atoms with Crippen LogP contribution in [0.15, 0.2) is 24.3 Å². The molecule has 0 aromatic heterocycles. The average Bonchev–Trinajstić information content (AvgIpc) is 2.36. The van der Waals surface area contributed by atoms with Gasteiger partial charge in [0.25, 0.3) is 5.91 Å². The largest absolute Gasteiger partial charge is 0.347 e. The lowest BCUT2D eigenvalue weighted by Gasteiger charge is -2.26. The molecule has 0 aliphatic carbocycles. The third-order valence-corrected chi connectivity index (χ3v) is 2.82. The molecule has 0 atom stereocenters. The Bertz CT molecular complexity index is 495. The minimum atomic E-state index is -0.208. The second kappa shape index (κ2) is 6.96. The molecule has 0 heterocycles. The number of benzene rings is 1. The molecule has 1 aromatic carbocycles. The Labute approximate surface area is 115 Å². The van der Waals surface area contributed by atoms with E-state index in [1.807, 2.05) is 32.0 Å². The van der Waals surface area contributed by atoms with Crippen molar-refractivity contribution >= 4 is 5.91 Å². The van der Waals surface area contributed by atoms with Gasteiger partial charge in [0.2, 0.25) is 0 Å². The van der Waals surface area contributed by atoms with Gasteiger partial charge < -0.3 is 11.1 Å². The summed E-state index contributed by atoms with van der Waals surface area (Å²) in [5.41, 5.74) is 6.49. The van der Waals surface area contributed by atoms with Gasteiger partial charge in [-0.05, 0) is 32.4 Å². The number of carbonyl (C=O) groups excluding carboxylic acids is 1. The van der Waals surface area contributed by atoms with E-state index in [2.05, 4.69) is 24.1 Å². The van der Waals surface area contributed by atoms with Gasteiger partial charge in [-0.2, -0.15) is 0 Å². The molecule has 1 amide bonds. The normalized spacial score (nSPS) is 10.5. The van der Waals surface area contributed by atoms with Crippen LogP contribution in [0.2, 0.25) is 0 Å². The minimum Gasteiger partial charge on any atom is -0.347 e. The molecule has 0 radical (unpaired) electrons. The van der Waals surface area contributed by atoms with Crippen LogP contribution < -0.4 is 11.1 Å². The predicted octanol–water partition coefficient (Wildman–Crippen LogP) is 2.31. The number of hydrogen-bond donors (Lipinski definition) is 2. The second-order valence-electron chi connectivity index (χ2n) is 5.14. The monoisotopic (exact) mass is 258 g/mol. The number of rotatable bonds is 4. The van der Waals surface area contributed by atoms with Crippen molar-refractivity contribution in [3.63, 3.8) is 0 Å². The highest BCUT2D eigenvalue weighted by molar-refractivity contribution is 5.97. The van der Waals surface area contributed by atoms with E-state index in [0.717, 1.165) is 18.4 Å². The van der Waals surface area contributed by atoms with Crippen LogP contribution in [0.5, 0.6) is 0 Å². The molecule has 0 saturated carbocycles. The summed E-state index contributed by atoms with van der Waals surface area (Å²) in [6.45, 7) is 6.46. The highest BCUT2D eigenvalue weighted by atomic mass is 16.1. The summed E-state index contributed by atoms with van der Waals surface area (Å²) >= 11 is 0. The first-order valence-corrected chi connectivity index (χ1v) is 6.60. The number of carbonyl (C=O) groups is 1. The van der Waals surface area contributed by atoms with Crippen LogP contribution in [-0.2, 0) is 0 Å². The van der Waals surface area contributed by atoms with Crippen LogP contribution in [0.4, 0.5) is 0 Å². The highest BCUT2D eigenvalue weighted by Gasteiger charge is 2.21. The van der Waals surface area contributed by atoms with E-state index in [0.29, 0.717) is 5.56 Å². The lowest BCUT2D eigenvalue weighted by molar-refractivity contribution is 0.0909. The molecule has 1 rings (SSSR count). The third kappa shape index (κ3) is 4.76. The van der Waals surface area contributed by atoms with E-state index in [4.69, 9.17) is 5.73 Å². The van der Waals surface area contributed by atoms with Crippen molar-refractivity contribution in [3.05, 3.63) is 35.4 Å². The van der Waals surface area contributed by atoms with Crippen molar-refractivity contribution in [1.82, 2.24) is 5.32 Å². The Hall–Kier alpha value is -1.79. The van der Waals surface area contributed by atoms with E-state index in [1.165, 1.54) is 0 Å². The highest BCUT2D eigenvalue weighted by Crippen LogP contribution is 2.14. The Kier molecular flexibility index (Phi) is 5.59. The van der Waals surface area contributed by atoms with Crippen molar-refractivity contribution in [2.45, 2.75) is 39.2 Å². The lowest BCUT2D eigenvalue weighted by Crippen LogP contribution is -2.43. The molecule has 3 heteroatoms. The fourth-order valence-corrected chi connectivity index (χ4v) is 2.00. The van der Waals surface area contributed by atoms with Gasteiger partial charge in [0.15, 0.2) is 0 Å². The molecular weight excluding hydrogens is 236 g/mol. The van der Waals surface area contributed by atoms with Gasteiger partial charge in [0.05, 0.1) is 12.1 Å². The maximum absolute atomic E-state index is 12.3. The van der Waals surface area contributed by atoms with E-state index in [1.54, 1.807) is 6.07 Å². The second-order valence-corrected chi connectivity index (χ2v) is 5.14. The summed E-state index contributed by atoms with van der Waals surface area (Å²) in [5, 5.41) is 3.05. The Balaban J connectivity index is 2.94. The zero-order valence-corrected chi connectivity index (χ0v) is 11.9. The maximum Gasteiger partial charge on any atom is 0.252 e. The van der Waals surface area contributed by atoms with E-state index in [-0.39, 0.29) is 18.0 Å². The first-order chi connectivity index (χ1) is 9.00. The van der Waals surface area contributed by atoms with Crippen molar-refractivity contribution in [3.8, 4) is 11.8 Å². The third-order valence-electron chi connectivity index (χ3n) is 2.82. The van der Waals surface area contributed by atoms with Crippen LogP contribution in [-0.4, -0.2) is 18.0 Å². The van der Waals surface area contributed by atoms with Gasteiger partial charge in [-0.15, -0.1) is 0 Å². The Morgan fingerprint density at radius 2 is 2.05 bits per heavy atom. The zero-order chi connectivity index (χ0) is 14.3. The molecule has 0 aliphatic rings. The van der Waals surface area contributed by atoms with Gasteiger partial charge in [-0.25, -0.2) is 0 Å². The zero-order valence-electron chi connectivity index (χ0n) is 11.9. The summed E-state index contributed by atoms with van der Waals surface area (Å²) in [5.74, 6) is 5.64. The molecule has 3 nitrogen and oxygen atoms in total. The summed E-state index contributed by atoms with van der Waals surface area (Å²) in [7, 11) is 0. The fraction of sp³-hybridized carbons (Fsp3) is 0.438. The predicted molar refractivity (Wildman–Crippen MR) is 78.8 cm³/mol. The van der Waals surface area contributed by atoms with Crippen molar-refractivity contribution in [1.29, 1.82) is 0 Å². The van der Waals surface area contributed by atoms with Gasteiger partial charge in [-0.1, -0.05) is 37.3 Å². The van der Waals surface area contributed by atoms with Crippen molar-refractivity contribution < 1.29 is 4.79 Å². The topological polar surface area (TPSA) is 55.1 Å². The lowest BCUT2D eigenvalue weighted by atomic mass is 9.97. The molecule has 0 saturated heterocycles. The maximum atomic E-state index is 12.3. The van der Waals surface area contributed by atoms with Crippen LogP contribution in [0.25, 0.3) is 0 Å². The van der Waals surface area contributed by atoms with Crippen molar-refractivity contribution in [2.75, 3.05) is 6.54 Å². The standard InChI is InChI=1S/C16H22N2O/c1-4-11-16(2,3)18-15(19)14-10-6-5-8-13(14)9-7-12-17/h5-6,8,10H,4,11-12,17H2,1-3H3,(H,18,19). The number of hydrogen-bond acceptors (Lipinski definition) is 2. The summed E-state index contributed by atoms with van der Waals surface area (Å²) in [4.78, 5) is 12.3. The smallest absolute Gasteiger partial charge is 0.252 e. The Morgan fingerprint density at radius 3 is 2.68 bits per heavy atom. The van der Waals surface area contributed by atoms with Gasteiger partial charge in [-0.3, -0.25) is 4.79 Å². The molecule has 0 unspecified atom stereocenters. The Morgan fingerprint density at radius 1 is 1.37 bits per heavy atom. The molecule has 0 spiro atoms. The fourth-order valence-electron chi connectivity index (χ4n) is 2.00. The van der Waals surface area contributed by atoms with E-state index in [9.17, 15) is 4.79 Å². The summed E-state index contributed by atoms with van der Waals surface area (Å²) < 4.78 is 0. The van der Waals surface area contributed by atoms with Gasteiger partial charge >= 0.3 is 0 Å². The molecule has 0 aliphatic heterocycles. The summed E-state index contributed by atoms with van der Waals surface area (Å²) in [6, 6.07) is 7.34. The number of amides is 1. The molecule has 1 aromatic rings. The van der Waals surface area contributed by atoms with Crippen LogP contribution in [0.3, 0.4) is 0 Å². The van der Waals surface area contributed by atoms with Gasteiger partial charge in [0, 0.05) is 11.1 Å². The minimum absolute atomic E-state index is 0.0830. The van der Waals surface area contributed by atoms with Gasteiger partial charge in [0.1, 0.15) is 0 Å². The van der Waals surface area contributed by atoms with E-state index >= 15 is 0 Å². The molecule has 0 bridgehead atoms.